The third-order valence-corrected chi connectivity index (χ3v) is 5.08. The number of carbonyl (C=O) groups is 3. The third-order valence-electron chi connectivity index (χ3n) is 5.08. The third kappa shape index (κ3) is 3.56. The zero-order chi connectivity index (χ0) is 20.6. The van der Waals surface area contributed by atoms with E-state index in [0.29, 0.717) is 18.5 Å². The predicted molar refractivity (Wildman–Crippen MR) is 106 cm³/mol. The molecule has 8 nitrogen and oxygen atoms in total. The molecule has 8 heteroatoms. The van der Waals surface area contributed by atoms with Crippen LogP contribution in [0.4, 0.5) is 4.79 Å². The maximum absolute atomic E-state index is 12.8. The second-order valence-corrected chi connectivity index (χ2v) is 7.43. The Balaban J connectivity index is 1.47. The number of fused-ring (bicyclic) bond motifs is 1. The van der Waals surface area contributed by atoms with E-state index in [1.807, 2.05) is 49.4 Å². The summed E-state index contributed by atoms with van der Waals surface area (Å²) in [6.45, 7) is 3.59. The first kappa shape index (κ1) is 18.7. The largest absolute Gasteiger partial charge is 0.344 e. The number of urea groups is 1. The summed E-state index contributed by atoms with van der Waals surface area (Å²) in [7, 11) is 0. The summed E-state index contributed by atoms with van der Waals surface area (Å²) in [5.41, 5.74) is 4.10. The van der Waals surface area contributed by atoms with E-state index in [2.05, 4.69) is 15.7 Å². The minimum atomic E-state index is -1.09. The van der Waals surface area contributed by atoms with Crippen LogP contribution in [0.2, 0.25) is 0 Å². The minimum absolute atomic E-state index is 0.120. The molecule has 2 N–H and O–H groups in total. The minimum Gasteiger partial charge on any atom is -0.322 e. The van der Waals surface area contributed by atoms with Crippen LogP contribution in [0.5, 0.6) is 0 Å². The van der Waals surface area contributed by atoms with E-state index in [1.54, 1.807) is 23.7 Å². The standard InChI is InChI=1S/C21H21N5O3/c1-14-9-11-25-13-16(22-17(25)12-14)18(27)24-26-19(28)21(2,23-20(26)29)10-8-15-6-4-3-5-7-15/h3-7,9,11-13H,8,10H2,1-2H3,(H,23,29)(H,24,27)/t21-/m1/s1. The average Bonchev–Trinajstić information content (AvgIpc) is 3.21. The number of pyridine rings is 1. The van der Waals surface area contributed by atoms with Crippen LogP contribution in [0.1, 0.15) is 35.0 Å². The molecule has 1 aromatic carbocycles. The van der Waals surface area contributed by atoms with Gasteiger partial charge < -0.3 is 9.72 Å². The fraction of sp³-hybridized carbons (Fsp3) is 0.238. The summed E-state index contributed by atoms with van der Waals surface area (Å²) in [6, 6.07) is 12.8. The number of nitrogens with one attached hydrogen (secondary N) is 2. The molecular weight excluding hydrogens is 370 g/mol. The van der Waals surface area contributed by atoms with Crippen LogP contribution in [0.15, 0.2) is 54.9 Å². The molecular formula is C21H21N5O3. The number of benzene rings is 1. The molecule has 1 atom stereocenters. The van der Waals surface area contributed by atoms with Gasteiger partial charge in [-0.25, -0.2) is 9.78 Å². The van der Waals surface area contributed by atoms with Crippen molar-refractivity contribution in [3.05, 3.63) is 71.7 Å². The fourth-order valence-corrected chi connectivity index (χ4v) is 3.35. The van der Waals surface area contributed by atoms with Gasteiger partial charge in [0.05, 0.1) is 0 Å². The Morgan fingerprint density at radius 2 is 1.97 bits per heavy atom. The first-order chi connectivity index (χ1) is 13.9. The lowest BCUT2D eigenvalue weighted by molar-refractivity contribution is -0.132. The lowest BCUT2D eigenvalue weighted by Crippen LogP contribution is -2.49. The fourth-order valence-electron chi connectivity index (χ4n) is 3.35. The number of rotatable bonds is 5. The van der Waals surface area contributed by atoms with Crippen LogP contribution < -0.4 is 10.7 Å². The Bertz CT molecular complexity index is 1110. The molecule has 148 valence electrons. The normalized spacial score (nSPS) is 18.9. The van der Waals surface area contributed by atoms with Gasteiger partial charge in [0.15, 0.2) is 0 Å². The van der Waals surface area contributed by atoms with Gasteiger partial charge in [0.25, 0.3) is 11.8 Å². The number of hydrogen-bond acceptors (Lipinski definition) is 4. The molecule has 0 bridgehead atoms. The quantitative estimate of drug-likeness (QED) is 0.652. The monoisotopic (exact) mass is 391 g/mol. The molecule has 29 heavy (non-hydrogen) atoms. The van der Waals surface area contributed by atoms with Crippen molar-refractivity contribution in [1.82, 2.24) is 25.1 Å². The average molecular weight is 391 g/mol. The van der Waals surface area contributed by atoms with Gasteiger partial charge in [-0.2, -0.15) is 5.01 Å². The predicted octanol–water partition coefficient (Wildman–Crippen LogP) is 2.23. The van der Waals surface area contributed by atoms with Crippen molar-refractivity contribution in [3.63, 3.8) is 0 Å². The number of aryl methyl sites for hydroxylation is 2. The number of amides is 4. The topological polar surface area (TPSA) is 95.8 Å². The van der Waals surface area contributed by atoms with Gasteiger partial charge in [-0.3, -0.25) is 15.0 Å². The molecule has 0 aliphatic carbocycles. The van der Waals surface area contributed by atoms with E-state index < -0.39 is 23.4 Å². The highest BCUT2D eigenvalue weighted by Crippen LogP contribution is 2.22. The Morgan fingerprint density at radius 3 is 2.72 bits per heavy atom. The second-order valence-electron chi connectivity index (χ2n) is 7.43. The summed E-state index contributed by atoms with van der Waals surface area (Å²) >= 11 is 0. The Kier molecular flexibility index (Phi) is 4.54. The van der Waals surface area contributed by atoms with Gasteiger partial charge in [0, 0.05) is 12.4 Å². The molecule has 0 radical (unpaired) electrons. The molecule has 3 aromatic rings. The number of imidazole rings is 1. The van der Waals surface area contributed by atoms with Crippen LogP contribution >= 0.6 is 0 Å². The van der Waals surface area contributed by atoms with Gasteiger partial charge in [0.2, 0.25) is 0 Å². The number of hydrogen-bond donors (Lipinski definition) is 2. The first-order valence-electron chi connectivity index (χ1n) is 9.33. The van der Waals surface area contributed by atoms with E-state index in [0.717, 1.165) is 16.1 Å². The highest BCUT2D eigenvalue weighted by molar-refractivity contribution is 6.08. The van der Waals surface area contributed by atoms with Crippen LogP contribution in [0.3, 0.4) is 0 Å². The molecule has 1 aliphatic rings. The summed E-state index contributed by atoms with van der Waals surface area (Å²) in [4.78, 5) is 42.0. The number of imide groups is 1. The van der Waals surface area contributed by atoms with Crippen molar-refractivity contribution in [1.29, 1.82) is 0 Å². The smallest absolute Gasteiger partial charge is 0.322 e. The van der Waals surface area contributed by atoms with Crippen molar-refractivity contribution in [2.24, 2.45) is 0 Å². The summed E-state index contributed by atoms with van der Waals surface area (Å²) in [5, 5.41) is 3.43. The zero-order valence-electron chi connectivity index (χ0n) is 16.2. The van der Waals surface area contributed by atoms with Crippen molar-refractivity contribution < 1.29 is 14.4 Å². The molecule has 1 aliphatic heterocycles. The lowest BCUT2D eigenvalue weighted by Gasteiger charge is -2.21. The van der Waals surface area contributed by atoms with Crippen LogP contribution in [0.25, 0.3) is 5.65 Å². The zero-order valence-corrected chi connectivity index (χ0v) is 16.2. The van der Waals surface area contributed by atoms with E-state index >= 15 is 0 Å². The van der Waals surface area contributed by atoms with E-state index in [-0.39, 0.29) is 5.69 Å². The number of aromatic nitrogens is 2. The highest BCUT2D eigenvalue weighted by atomic mass is 16.2. The van der Waals surface area contributed by atoms with E-state index in [9.17, 15) is 14.4 Å². The van der Waals surface area contributed by atoms with Crippen molar-refractivity contribution in [2.75, 3.05) is 0 Å². The molecule has 0 saturated carbocycles. The summed E-state index contributed by atoms with van der Waals surface area (Å²) in [6.07, 6.45) is 4.39. The van der Waals surface area contributed by atoms with Crippen molar-refractivity contribution >= 4 is 23.5 Å². The molecule has 3 heterocycles. The Hall–Kier alpha value is -3.68. The molecule has 4 amide bonds. The maximum Gasteiger partial charge on any atom is 0.344 e. The maximum atomic E-state index is 12.8. The van der Waals surface area contributed by atoms with Crippen molar-refractivity contribution in [2.45, 2.75) is 32.2 Å². The number of nitrogens with zero attached hydrogens (tertiary/aromatic N) is 3. The summed E-state index contributed by atoms with van der Waals surface area (Å²) in [5.74, 6) is -1.12. The first-order valence-corrected chi connectivity index (χ1v) is 9.33. The Morgan fingerprint density at radius 1 is 1.21 bits per heavy atom. The van der Waals surface area contributed by atoms with Gasteiger partial charge in [-0.1, -0.05) is 30.3 Å². The summed E-state index contributed by atoms with van der Waals surface area (Å²) < 4.78 is 1.71. The SMILES string of the molecule is Cc1ccn2cc(C(=O)NN3C(=O)N[C@](C)(CCc4ccccc4)C3=O)nc2c1. The van der Waals surface area contributed by atoms with Gasteiger partial charge in [-0.15, -0.1) is 0 Å². The molecule has 4 rings (SSSR count). The number of carbonyl (C=O) groups excluding carboxylic acids is 3. The van der Waals surface area contributed by atoms with Crippen LogP contribution in [-0.2, 0) is 11.2 Å². The molecule has 0 spiro atoms. The van der Waals surface area contributed by atoms with Gasteiger partial charge >= 0.3 is 6.03 Å². The highest BCUT2D eigenvalue weighted by Gasteiger charge is 2.48. The van der Waals surface area contributed by atoms with Crippen LogP contribution in [0, 0.1) is 6.92 Å². The van der Waals surface area contributed by atoms with Gasteiger partial charge in [0.1, 0.15) is 16.9 Å². The molecule has 1 fully saturated rings. The molecule has 0 unspecified atom stereocenters. The van der Waals surface area contributed by atoms with Crippen LogP contribution in [-0.4, -0.2) is 37.8 Å². The van der Waals surface area contributed by atoms with E-state index in [1.165, 1.54) is 0 Å². The lowest BCUT2D eigenvalue weighted by atomic mass is 9.93. The molecule has 2 aromatic heterocycles. The number of hydrazine groups is 1. The second kappa shape index (κ2) is 7.05. The Labute approximate surface area is 167 Å². The van der Waals surface area contributed by atoms with Gasteiger partial charge in [-0.05, 0) is 49.9 Å². The van der Waals surface area contributed by atoms with E-state index in [4.69, 9.17) is 0 Å². The molecule has 1 saturated heterocycles. The van der Waals surface area contributed by atoms with Crippen molar-refractivity contribution in [3.8, 4) is 0 Å².